The number of benzene rings is 5. The van der Waals surface area contributed by atoms with Crippen LogP contribution in [-0.4, -0.2) is 28.7 Å². The molecular weight excluding hydrogens is 473 g/mol. The smallest absolute Gasteiger partial charge is 0.140 e. The number of anilines is 2. The van der Waals surface area contributed by atoms with Crippen LogP contribution in [0.25, 0.3) is 54.9 Å². The number of nitrogens with one attached hydrogen (secondary N) is 2. The highest BCUT2D eigenvalue weighted by Crippen LogP contribution is 2.39. The predicted octanol–water partition coefficient (Wildman–Crippen LogP) is 6.51. The van der Waals surface area contributed by atoms with Crippen LogP contribution in [0.2, 0.25) is 0 Å². The quantitative estimate of drug-likeness (QED) is 0.110. The minimum atomic E-state index is 0.634. The average molecular weight is 495 g/mol. The number of rotatable bonds is 5. The molecule has 2 radical (unpaired) electrons. The van der Waals surface area contributed by atoms with E-state index in [2.05, 4.69) is 69.5 Å². The zero-order valence-electron chi connectivity index (χ0n) is 19.9. The van der Waals surface area contributed by atoms with E-state index >= 15 is 0 Å². The summed E-state index contributed by atoms with van der Waals surface area (Å²) >= 11 is 1.31. The molecule has 0 spiro atoms. The van der Waals surface area contributed by atoms with Crippen molar-refractivity contribution in [3.05, 3.63) is 97.2 Å². The van der Waals surface area contributed by atoms with E-state index in [1.165, 1.54) is 22.7 Å². The maximum atomic E-state index is 6.11. The number of H-pyrrole nitrogens is 2. The summed E-state index contributed by atoms with van der Waals surface area (Å²) in [5.41, 5.74) is 6.87. The zero-order chi connectivity index (χ0) is 24.9. The van der Waals surface area contributed by atoms with Gasteiger partial charge in [-0.2, -0.15) is 0 Å². The minimum absolute atomic E-state index is 0.634. The summed E-state index contributed by atoms with van der Waals surface area (Å²) in [6.45, 7) is 0. The molecule has 0 amide bonds. The van der Waals surface area contributed by atoms with Crippen LogP contribution in [0.5, 0.6) is 0 Å². The van der Waals surface area contributed by atoms with Crippen LogP contribution >= 0.6 is 11.9 Å². The molecule has 5 aromatic carbocycles. The first-order valence-corrected chi connectivity index (χ1v) is 13.1. The van der Waals surface area contributed by atoms with Crippen LogP contribution in [-0.2, 0) is 0 Å². The predicted molar refractivity (Wildman–Crippen MR) is 159 cm³/mol. The third kappa shape index (κ3) is 3.58. The summed E-state index contributed by atoms with van der Waals surface area (Å²) < 4.78 is 0. The normalized spacial score (nSPS) is 11.7. The van der Waals surface area contributed by atoms with Gasteiger partial charge in [0.15, 0.2) is 0 Å². The Morgan fingerprint density at radius 1 is 0.784 bits per heavy atom. The van der Waals surface area contributed by atoms with Gasteiger partial charge in [0, 0.05) is 44.8 Å². The molecule has 37 heavy (non-hydrogen) atoms. The number of aromatic nitrogens is 3. The number of fused-ring (bicyclic) bond motifs is 7. The lowest BCUT2D eigenvalue weighted by Gasteiger charge is -2.24. The molecule has 7 aromatic rings. The Hall–Kier alpha value is -4.20. The molecule has 0 saturated heterocycles. The van der Waals surface area contributed by atoms with Crippen molar-refractivity contribution in [3.63, 3.8) is 0 Å². The van der Waals surface area contributed by atoms with E-state index < -0.39 is 0 Å². The van der Waals surface area contributed by atoms with Crippen molar-refractivity contribution < 1.29 is 0 Å². The molecule has 0 aliphatic rings. The first kappa shape index (κ1) is 22.0. The summed E-state index contributed by atoms with van der Waals surface area (Å²) in [6.07, 6.45) is 1.99. The molecular formula is C30H22BN5S. The van der Waals surface area contributed by atoms with Crippen molar-refractivity contribution >= 4 is 80.1 Å². The molecule has 0 aliphatic heterocycles. The van der Waals surface area contributed by atoms with Gasteiger partial charge >= 0.3 is 0 Å². The van der Waals surface area contributed by atoms with E-state index in [0.29, 0.717) is 5.88 Å². The van der Waals surface area contributed by atoms with Crippen molar-refractivity contribution in [1.82, 2.24) is 15.0 Å². The number of nitrogens with two attached hydrogens (primary N) is 1. The molecule has 4 N–H and O–H groups in total. The topological polar surface area (TPSA) is 73.7 Å². The fourth-order valence-corrected chi connectivity index (χ4v) is 5.72. The van der Waals surface area contributed by atoms with Crippen LogP contribution in [0.1, 0.15) is 0 Å². The number of imidazole rings is 1. The Morgan fingerprint density at radius 2 is 1.57 bits per heavy atom. The number of para-hydroxylation sites is 1. The molecule has 176 valence electrons. The van der Waals surface area contributed by atoms with Crippen LogP contribution in [0.4, 0.5) is 11.4 Å². The Morgan fingerprint density at radius 3 is 2.41 bits per heavy atom. The fraction of sp³-hybridized carbons (Fsp3) is 0.0333. The second kappa shape index (κ2) is 8.73. The number of hydrogen-bond acceptors (Lipinski definition) is 4. The Kier molecular flexibility index (Phi) is 5.20. The van der Waals surface area contributed by atoms with Gasteiger partial charge in [0.2, 0.25) is 0 Å². The Bertz CT molecular complexity index is 1930. The van der Waals surface area contributed by atoms with E-state index in [1.807, 2.05) is 42.6 Å². The zero-order valence-corrected chi connectivity index (χ0v) is 20.7. The highest BCUT2D eigenvalue weighted by molar-refractivity contribution is 7.97. The van der Waals surface area contributed by atoms with Gasteiger partial charge in [0.25, 0.3) is 0 Å². The molecule has 5 nitrogen and oxygen atoms in total. The molecule has 2 aromatic heterocycles. The number of aromatic amines is 2. The lowest BCUT2D eigenvalue weighted by Crippen LogP contribution is -2.17. The third-order valence-corrected chi connectivity index (χ3v) is 7.40. The van der Waals surface area contributed by atoms with Crippen LogP contribution in [0, 0.1) is 0 Å². The molecule has 7 heteroatoms. The van der Waals surface area contributed by atoms with Gasteiger partial charge in [-0.3, -0.25) is 5.14 Å². The lowest BCUT2D eigenvalue weighted by atomic mass is 9.94. The molecule has 7 rings (SSSR count). The maximum Gasteiger partial charge on any atom is 0.140 e. The van der Waals surface area contributed by atoms with Crippen molar-refractivity contribution in [2.45, 2.75) is 0 Å². The van der Waals surface area contributed by atoms with Crippen LogP contribution in [0.3, 0.4) is 0 Å². The van der Waals surface area contributed by atoms with Gasteiger partial charge in [-0.1, -0.05) is 78.1 Å². The first-order valence-electron chi connectivity index (χ1n) is 12.1. The van der Waals surface area contributed by atoms with E-state index in [1.54, 1.807) is 0 Å². The standard InChI is InChI=1S/C30H22BN5S/c31-18-10-13-27-24(14-18)26(16-33-27)30-34-28-23-9-5-4-8-21(23)22-12-11-20(15-25(22)29(28)35-30)36(17-37-32)19-6-2-1-3-7-19/h1-16,33H,17,32H2,(H,34,35). The van der Waals surface area contributed by atoms with Crippen molar-refractivity contribution in [1.29, 1.82) is 0 Å². The summed E-state index contributed by atoms with van der Waals surface area (Å²) in [5, 5.41) is 11.6. The third-order valence-electron chi connectivity index (χ3n) is 6.99. The van der Waals surface area contributed by atoms with Crippen LogP contribution in [0.15, 0.2) is 97.2 Å². The molecule has 0 fully saturated rings. The molecule has 0 unspecified atom stereocenters. The van der Waals surface area contributed by atoms with Gasteiger partial charge in [-0.15, -0.1) is 0 Å². The maximum absolute atomic E-state index is 6.11. The van der Waals surface area contributed by atoms with Crippen molar-refractivity contribution in [3.8, 4) is 11.4 Å². The van der Waals surface area contributed by atoms with Gasteiger partial charge in [-0.05, 0) is 41.1 Å². The summed E-state index contributed by atoms with van der Waals surface area (Å²) in [5.74, 6) is 1.45. The summed E-state index contributed by atoms with van der Waals surface area (Å²) in [7, 11) is 6.11. The highest BCUT2D eigenvalue weighted by Gasteiger charge is 2.18. The Balaban J connectivity index is 1.51. The summed E-state index contributed by atoms with van der Waals surface area (Å²) in [4.78, 5) is 14.4. The minimum Gasteiger partial charge on any atom is -0.360 e. The first-order chi connectivity index (χ1) is 18.2. The molecule has 0 aliphatic carbocycles. The average Bonchev–Trinajstić information content (AvgIpc) is 3.57. The SMILES string of the molecule is [B]c1ccc2[nH]cc(-c3nc4c5cc(N(CSN)c6ccccc6)ccc5c5ccccc5c4[nH]3)c2c1. The molecule has 0 bridgehead atoms. The van der Waals surface area contributed by atoms with Crippen LogP contribution < -0.4 is 15.5 Å². The Labute approximate surface area is 219 Å². The summed E-state index contributed by atoms with van der Waals surface area (Å²) in [6, 6.07) is 31.3. The second-order valence-electron chi connectivity index (χ2n) is 9.15. The van der Waals surface area contributed by atoms with E-state index in [0.717, 1.165) is 60.9 Å². The molecule has 0 atom stereocenters. The molecule has 0 saturated carbocycles. The lowest BCUT2D eigenvalue weighted by molar-refractivity contribution is 1.17. The van der Waals surface area contributed by atoms with Gasteiger partial charge < -0.3 is 14.9 Å². The van der Waals surface area contributed by atoms with Gasteiger partial charge in [-0.25, -0.2) is 4.98 Å². The fourth-order valence-electron chi connectivity index (χ4n) is 5.27. The number of nitrogens with zero attached hydrogens (tertiary/aromatic N) is 2. The van der Waals surface area contributed by atoms with Crippen molar-refractivity contribution in [2.75, 3.05) is 10.8 Å². The van der Waals surface area contributed by atoms with Gasteiger partial charge in [0.05, 0.1) is 16.9 Å². The van der Waals surface area contributed by atoms with E-state index in [-0.39, 0.29) is 0 Å². The van der Waals surface area contributed by atoms with Gasteiger partial charge in [0.1, 0.15) is 13.7 Å². The van der Waals surface area contributed by atoms with Crippen molar-refractivity contribution in [2.24, 2.45) is 5.14 Å². The number of hydrogen-bond donors (Lipinski definition) is 3. The monoisotopic (exact) mass is 495 g/mol. The van der Waals surface area contributed by atoms with E-state index in [4.69, 9.17) is 18.0 Å². The highest BCUT2D eigenvalue weighted by atomic mass is 32.2. The second-order valence-corrected chi connectivity index (χ2v) is 9.74. The molecule has 2 heterocycles. The van der Waals surface area contributed by atoms with E-state index in [9.17, 15) is 0 Å². The largest absolute Gasteiger partial charge is 0.360 e.